The third-order valence-electron chi connectivity index (χ3n) is 4.05. The predicted octanol–water partition coefficient (Wildman–Crippen LogP) is 3.74. The van der Waals surface area contributed by atoms with Crippen molar-refractivity contribution in [1.29, 1.82) is 0 Å². The maximum absolute atomic E-state index is 4.68. The number of nitrogens with zero attached hydrogens (tertiary/aromatic N) is 2. The van der Waals surface area contributed by atoms with Crippen molar-refractivity contribution in [2.45, 2.75) is 71.5 Å². The van der Waals surface area contributed by atoms with Gasteiger partial charge in [-0.25, -0.2) is 4.98 Å². The second-order valence-corrected chi connectivity index (χ2v) is 6.81. The van der Waals surface area contributed by atoms with Gasteiger partial charge in [-0.1, -0.05) is 18.9 Å². The summed E-state index contributed by atoms with van der Waals surface area (Å²) < 4.78 is 0. The molecule has 0 saturated heterocycles. The van der Waals surface area contributed by atoms with E-state index in [0.717, 1.165) is 13.1 Å². The molecule has 0 amide bonds. The lowest BCUT2D eigenvalue weighted by Crippen LogP contribution is -2.37. The number of anilines is 1. The van der Waals surface area contributed by atoms with E-state index in [1.165, 1.54) is 37.1 Å². The molecule has 0 aromatic carbocycles. The molecule has 20 heavy (non-hydrogen) atoms. The Kier molecular flexibility index (Phi) is 5.03. The van der Waals surface area contributed by atoms with Crippen LogP contribution in [0.15, 0.2) is 18.3 Å². The van der Waals surface area contributed by atoms with Crippen molar-refractivity contribution in [1.82, 2.24) is 10.3 Å². The molecule has 3 nitrogen and oxygen atoms in total. The highest BCUT2D eigenvalue weighted by Gasteiger charge is 2.24. The van der Waals surface area contributed by atoms with Crippen molar-refractivity contribution >= 4 is 5.82 Å². The van der Waals surface area contributed by atoms with Crippen LogP contribution in [-0.2, 0) is 6.54 Å². The van der Waals surface area contributed by atoms with E-state index >= 15 is 0 Å². The first-order valence-corrected chi connectivity index (χ1v) is 7.97. The van der Waals surface area contributed by atoms with Gasteiger partial charge in [0.15, 0.2) is 0 Å². The molecule has 0 unspecified atom stereocenters. The maximum atomic E-state index is 4.68. The van der Waals surface area contributed by atoms with E-state index in [-0.39, 0.29) is 5.54 Å². The molecule has 0 radical (unpaired) electrons. The van der Waals surface area contributed by atoms with Gasteiger partial charge in [0.1, 0.15) is 5.82 Å². The number of hydrogen-bond acceptors (Lipinski definition) is 3. The molecule has 0 aliphatic heterocycles. The molecule has 112 valence electrons. The van der Waals surface area contributed by atoms with Gasteiger partial charge in [-0.15, -0.1) is 0 Å². The minimum absolute atomic E-state index is 0.136. The van der Waals surface area contributed by atoms with E-state index in [2.05, 4.69) is 49.0 Å². The number of hydrogen-bond donors (Lipinski definition) is 1. The molecule has 1 heterocycles. The summed E-state index contributed by atoms with van der Waals surface area (Å²) in [6.45, 7) is 10.8. The first-order valence-electron chi connectivity index (χ1n) is 7.97. The molecule has 1 saturated carbocycles. The van der Waals surface area contributed by atoms with E-state index < -0.39 is 0 Å². The van der Waals surface area contributed by atoms with Gasteiger partial charge >= 0.3 is 0 Å². The number of aromatic nitrogens is 1. The van der Waals surface area contributed by atoms with Crippen LogP contribution in [-0.4, -0.2) is 23.1 Å². The lowest BCUT2D eigenvalue weighted by Gasteiger charge is -2.31. The molecule has 0 atom stereocenters. The Bertz CT molecular complexity index is 416. The molecule has 1 fully saturated rings. The molecule has 2 rings (SSSR count). The Hall–Kier alpha value is -1.09. The summed E-state index contributed by atoms with van der Waals surface area (Å²) in [6.07, 6.45) is 7.29. The molecule has 1 aromatic heterocycles. The fraction of sp³-hybridized carbons (Fsp3) is 0.706. The Labute approximate surface area is 123 Å². The smallest absolute Gasteiger partial charge is 0.133 e. The van der Waals surface area contributed by atoms with Crippen LogP contribution < -0.4 is 10.2 Å². The summed E-state index contributed by atoms with van der Waals surface area (Å²) >= 11 is 0. The average molecular weight is 275 g/mol. The van der Waals surface area contributed by atoms with E-state index in [0.29, 0.717) is 6.04 Å². The van der Waals surface area contributed by atoms with Gasteiger partial charge in [-0.3, -0.25) is 0 Å². The number of nitrogens with one attached hydrogen (secondary N) is 1. The third kappa shape index (κ3) is 3.95. The van der Waals surface area contributed by atoms with Gasteiger partial charge < -0.3 is 10.2 Å². The summed E-state index contributed by atoms with van der Waals surface area (Å²) in [5.74, 6) is 1.18. The Morgan fingerprint density at radius 1 is 1.30 bits per heavy atom. The molecule has 3 heteroatoms. The predicted molar refractivity (Wildman–Crippen MR) is 86.1 cm³/mol. The minimum Gasteiger partial charge on any atom is -0.354 e. The van der Waals surface area contributed by atoms with E-state index in [1.54, 1.807) is 0 Å². The van der Waals surface area contributed by atoms with E-state index in [4.69, 9.17) is 0 Å². The van der Waals surface area contributed by atoms with Crippen LogP contribution >= 0.6 is 0 Å². The van der Waals surface area contributed by atoms with Crippen LogP contribution in [0.4, 0.5) is 5.82 Å². The maximum Gasteiger partial charge on any atom is 0.133 e. The fourth-order valence-corrected chi connectivity index (χ4v) is 2.98. The van der Waals surface area contributed by atoms with Crippen LogP contribution in [0.1, 0.15) is 58.9 Å². The van der Waals surface area contributed by atoms with Crippen molar-refractivity contribution in [3.8, 4) is 0 Å². The van der Waals surface area contributed by atoms with Crippen LogP contribution in [0.25, 0.3) is 0 Å². The van der Waals surface area contributed by atoms with Crippen LogP contribution in [0.2, 0.25) is 0 Å². The molecule has 1 aliphatic carbocycles. The Morgan fingerprint density at radius 2 is 2.00 bits per heavy atom. The second-order valence-electron chi connectivity index (χ2n) is 6.81. The van der Waals surface area contributed by atoms with Crippen LogP contribution in [0.5, 0.6) is 0 Å². The summed E-state index contributed by atoms with van der Waals surface area (Å²) in [5, 5.41) is 3.58. The van der Waals surface area contributed by atoms with Gasteiger partial charge in [0.25, 0.3) is 0 Å². The highest BCUT2D eigenvalue weighted by atomic mass is 15.2. The van der Waals surface area contributed by atoms with Crippen LogP contribution in [0, 0.1) is 0 Å². The average Bonchev–Trinajstić information content (AvgIpc) is 2.91. The zero-order valence-corrected chi connectivity index (χ0v) is 13.4. The highest BCUT2D eigenvalue weighted by molar-refractivity contribution is 5.47. The van der Waals surface area contributed by atoms with Gasteiger partial charge in [0.2, 0.25) is 0 Å². The second kappa shape index (κ2) is 6.57. The summed E-state index contributed by atoms with van der Waals surface area (Å²) in [5.41, 5.74) is 1.45. The van der Waals surface area contributed by atoms with Gasteiger partial charge in [0, 0.05) is 36.4 Å². The normalized spacial score (nSPS) is 16.6. The highest BCUT2D eigenvalue weighted by Crippen LogP contribution is 2.29. The first kappa shape index (κ1) is 15.3. The van der Waals surface area contributed by atoms with Crippen molar-refractivity contribution in [3.63, 3.8) is 0 Å². The van der Waals surface area contributed by atoms with Gasteiger partial charge in [0.05, 0.1) is 0 Å². The summed E-state index contributed by atoms with van der Waals surface area (Å²) in [6, 6.07) is 4.94. The number of rotatable bonds is 5. The van der Waals surface area contributed by atoms with E-state index in [1.807, 2.05) is 12.3 Å². The van der Waals surface area contributed by atoms with Gasteiger partial charge in [-0.05, 0) is 46.6 Å². The topological polar surface area (TPSA) is 28.2 Å². The number of pyridine rings is 1. The minimum atomic E-state index is 0.136. The Morgan fingerprint density at radius 3 is 2.60 bits per heavy atom. The monoisotopic (exact) mass is 275 g/mol. The first-order chi connectivity index (χ1) is 9.51. The molecule has 1 aromatic rings. The summed E-state index contributed by atoms with van der Waals surface area (Å²) in [4.78, 5) is 7.19. The van der Waals surface area contributed by atoms with Crippen LogP contribution in [0.3, 0.4) is 0 Å². The fourth-order valence-electron chi connectivity index (χ4n) is 2.98. The standard InChI is InChI=1S/C17H29N3/c1-5-20(15-10-6-7-11-15)16-14(9-8-12-18-16)13-19-17(2,3)4/h8-9,12,15,19H,5-7,10-11,13H2,1-4H3. The zero-order valence-electron chi connectivity index (χ0n) is 13.4. The molecular formula is C17H29N3. The van der Waals surface area contributed by atoms with Crippen molar-refractivity contribution < 1.29 is 0 Å². The lowest BCUT2D eigenvalue weighted by molar-refractivity contribution is 0.423. The SMILES string of the molecule is CCN(c1ncccc1CNC(C)(C)C)C1CCCC1. The van der Waals surface area contributed by atoms with Crippen molar-refractivity contribution in [2.75, 3.05) is 11.4 Å². The van der Waals surface area contributed by atoms with Crippen molar-refractivity contribution in [3.05, 3.63) is 23.9 Å². The molecule has 1 aliphatic rings. The summed E-state index contributed by atoms with van der Waals surface area (Å²) in [7, 11) is 0. The molecule has 0 bridgehead atoms. The largest absolute Gasteiger partial charge is 0.354 e. The third-order valence-corrected chi connectivity index (χ3v) is 4.05. The van der Waals surface area contributed by atoms with Gasteiger partial charge in [-0.2, -0.15) is 0 Å². The lowest BCUT2D eigenvalue weighted by atomic mass is 10.1. The van der Waals surface area contributed by atoms with E-state index in [9.17, 15) is 0 Å². The molecule has 1 N–H and O–H groups in total. The quantitative estimate of drug-likeness (QED) is 0.887. The molecule has 0 spiro atoms. The molecular weight excluding hydrogens is 246 g/mol. The zero-order chi connectivity index (χ0) is 14.6. The Balaban J connectivity index is 2.16. The van der Waals surface area contributed by atoms with Crippen molar-refractivity contribution in [2.24, 2.45) is 0 Å².